The van der Waals surface area contributed by atoms with Crippen molar-refractivity contribution in [3.63, 3.8) is 0 Å². The third-order valence-electron chi connectivity index (χ3n) is 6.12. The Morgan fingerprint density at radius 1 is 1.09 bits per heavy atom. The number of aromatic nitrogens is 4. The van der Waals surface area contributed by atoms with Gasteiger partial charge in [0.05, 0.1) is 28.2 Å². The molecule has 7 nitrogen and oxygen atoms in total. The Labute approximate surface area is 199 Å². The lowest BCUT2D eigenvalue weighted by Gasteiger charge is -2.30. The van der Waals surface area contributed by atoms with E-state index in [1.54, 1.807) is 40.0 Å². The molecule has 2 aromatic carbocycles. The molecule has 10 heteroatoms. The molecule has 0 amide bonds. The van der Waals surface area contributed by atoms with Gasteiger partial charge in [-0.05, 0) is 52.8 Å². The number of rotatable bonds is 5. The molecule has 0 saturated carbocycles. The van der Waals surface area contributed by atoms with E-state index in [1.165, 1.54) is 16.7 Å². The van der Waals surface area contributed by atoms with Crippen LogP contribution in [0.25, 0.3) is 21.9 Å². The van der Waals surface area contributed by atoms with Crippen molar-refractivity contribution in [3.8, 4) is 0 Å². The van der Waals surface area contributed by atoms with Crippen LogP contribution in [-0.2, 0) is 13.0 Å². The van der Waals surface area contributed by atoms with Gasteiger partial charge in [0, 0.05) is 18.0 Å². The van der Waals surface area contributed by atoms with Gasteiger partial charge >= 0.3 is 5.92 Å². The summed E-state index contributed by atoms with van der Waals surface area (Å²) >= 11 is 0. The van der Waals surface area contributed by atoms with Crippen molar-refractivity contribution in [1.82, 2.24) is 19.5 Å². The summed E-state index contributed by atoms with van der Waals surface area (Å²) in [5, 5.41) is 13.6. The summed E-state index contributed by atoms with van der Waals surface area (Å²) in [6.45, 7) is 6.82. The summed E-state index contributed by atoms with van der Waals surface area (Å²) in [5.74, 6) is -4.12. The first-order chi connectivity index (χ1) is 16.2. The van der Waals surface area contributed by atoms with Crippen molar-refractivity contribution in [2.24, 2.45) is 7.05 Å². The van der Waals surface area contributed by atoms with Gasteiger partial charge in [0.1, 0.15) is 28.8 Å². The molecule has 0 saturated heterocycles. The minimum Gasteiger partial charge on any atom is -0.384 e. The third kappa shape index (κ3) is 4.12. The van der Waals surface area contributed by atoms with Crippen LogP contribution >= 0.6 is 0 Å². The summed E-state index contributed by atoms with van der Waals surface area (Å²) in [7, 11) is 1.64. The van der Waals surface area contributed by atoms with Crippen molar-refractivity contribution in [2.45, 2.75) is 52.2 Å². The zero-order chi connectivity index (χ0) is 25.9. The SMILES string of the molecule is Cc1nc(NC(C)c2cccc(C(F)(F)C(C)(C)O)c2F)c2cc3c(cc2n1)nc(C)c(=O)n3C. The summed E-state index contributed by atoms with van der Waals surface area (Å²) in [4.78, 5) is 25.6. The highest BCUT2D eigenvalue weighted by molar-refractivity contribution is 5.98. The van der Waals surface area contributed by atoms with E-state index < -0.39 is 28.9 Å². The second-order valence-electron chi connectivity index (χ2n) is 9.25. The molecule has 2 heterocycles. The predicted molar refractivity (Wildman–Crippen MR) is 128 cm³/mol. The molecule has 35 heavy (non-hydrogen) atoms. The van der Waals surface area contributed by atoms with Crippen LogP contribution in [0, 0.1) is 19.7 Å². The number of benzene rings is 2. The Hall–Kier alpha value is -3.53. The molecule has 2 aromatic heterocycles. The lowest BCUT2D eigenvalue weighted by Crippen LogP contribution is -2.41. The normalized spacial score (nSPS) is 13.4. The van der Waals surface area contributed by atoms with Crippen LogP contribution in [0.2, 0.25) is 0 Å². The molecule has 0 spiro atoms. The fourth-order valence-corrected chi connectivity index (χ4v) is 4.06. The predicted octanol–water partition coefficient (Wildman–Crippen LogP) is 4.67. The highest BCUT2D eigenvalue weighted by atomic mass is 19.3. The molecule has 1 unspecified atom stereocenters. The van der Waals surface area contributed by atoms with Gasteiger partial charge in [0.2, 0.25) is 0 Å². The quantitative estimate of drug-likeness (QED) is 0.399. The van der Waals surface area contributed by atoms with Gasteiger partial charge in [0.15, 0.2) is 0 Å². The first kappa shape index (κ1) is 24.6. The van der Waals surface area contributed by atoms with Crippen molar-refractivity contribution in [2.75, 3.05) is 5.32 Å². The van der Waals surface area contributed by atoms with E-state index >= 15 is 4.39 Å². The number of anilines is 1. The number of hydrogen-bond donors (Lipinski definition) is 2. The summed E-state index contributed by atoms with van der Waals surface area (Å²) in [6.07, 6.45) is 0. The molecular weight excluding hydrogens is 459 g/mol. The van der Waals surface area contributed by atoms with Crippen molar-refractivity contribution in [1.29, 1.82) is 0 Å². The first-order valence-electron chi connectivity index (χ1n) is 11.0. The Balaban J connectivity index is 1.83. The maximum absolute atomic E-state index is 15.3. The zero-order valence-corrected chi connectivity index (χ0v) is 20.2. The molecule has 0 aliphatic heterocycles. The smallest absolute Gasteiger partial charge is 0.303 e. The number of nitrogens with one attached hydrogen (secondary N) is 1. The van der Waals surface area contributed by atoms with Crippen LogP contribution in [0.5, 0.6) is 0 Å². The first-order valence-corrected chi connectivity index (χ1v) is 11.0. The molecule has 0 aliphatic rings. The Morgan fingerprint density at radius 2 is 1.77 bits per heavy atom. The molecular formula is C25H26F3N5O2. The summed E-state index contributed by atoms with van der Waals surface area (Å²) in [5.41, 5.74) is -1.52. The molecule has 0 fully saturated rings. The van der Waals surface area contributed by atoms with Crippen LogP contribution in [0.4, 0.5) is 19.0 Å². The number of alkyl halides is 2. The summed E-state index contributed by atoms with van der Waals surface area (Å²) in [6, 6.07) is 6.40. The number of aliphatic hydroxyl groups is 1. The monoisotopic (exact) mass is 485 g/mol. The largest absolute Gasteiger partial charge is 0.384 e. The van der Waals surface area contributed by atoms with Crippen LogP contribution in [0.3, 0.4) is 0 Å². The highest BCUT2D eigenvalue weighted by Crippen LogP contribution is 2.41. The number of halogens is 3. The van der Waals surface area contributed by atoms with Crippen LogP contribution in [0.15, 0.2) is 35.1 Å². The topological polar surface area (TPSA) is 92.9 Å². The minimum absolute atomic E-state index is 0.0127. The highest BCUT2D eigenvalue weighted by Gasteiger charge is 2.49. The van der Waals surface area contributed by atoms with Gasteiger partial charge in [-0.2, -0.15) is 8.78 Å². The van der Waals surface area contributed by atoms with Crippen molar-refractivity contribution in [3.05, 3.63) is 69.1 Å². The molecule has 2 N–H and O–H groups in total. The van der Waals surface area contributed by atoms with Gasteiger partial charge in [-0.25, -0.2) is 19.3 Å². The van der Waals surface area contributed by atoms with E-state index in [0.717, 1.165) is 19.9 Å². The van der Waals surface area contributed by atoms with Gasteiger partial charge in [-0.1, -0.05) is 12.1 Å². The second kappa shape index (κ2) is 8.30. The maximum Gasteiger partial charge on any atom is 0.303 e. The summed E-state index contributed by atoms with van der Waals surface area (Å²) < 4.78 is 46.2. The number of hydrogen-bond acceptors (Lipinski definition) is 6. The van der Waals surface area contributed by atoms with Gasteiger partial charge in [-0.3, -0.25) is 4.79 Å². The van der Waals surface area contributed by atoms with Crippen molar-refractivity contribution < 1.29 is 18.3 Å². The number of nitrogens with zero attached hydrogens (tertiary/aromatic N) is 4. The van der Waals surface area contributed by atoms with E-state index in [-0.39, 0.29) is 11.1 Å². The van der Waals surface area contributed by atoms with Crippen molar-refractivity contribution >= 4 is 27.8 Å². The molecule has 184 valence electrons. The van der Waals surface area contributed by atoms with Crippen LogP contribution in [-0.4, -0.2) is 30.2 Å². The fourth-order valence-electron chi connectivity index (χ4n) is 4.06. The average molecular weight is 486 g/mol. The standard InChI is InChI=1S/C25H26F3N5O2/c1-12(15-8-7-9-17(21(15)26)25(27,28)24(4,5)35)30-22-16-10-20-19(11-18(16)31-14(3)32-22)29-13(2)23(34)33(20)6/h7-12,35H,1-6H3,(H,30,31,32). The molecule has 4 rings (SSSR count). The molecule has 0 aliphatic carbocycles. The van der Waals surface area contributed by atoms with Gasteiger partial charge in [0.25, 0.3) is 5.56 Å². The minimum atomic E-state index is -3.81. The number of aryl methyl sites for hydroxylation is 3. The Kier molecular flexibility index (Phi) is 5.83. The Bertz CT molecular complexity index is 1530. The lowest BCUT2D eigenvalue weighted by molar-refractivity contribution is -0.170. The van der Waals surface area contributed by atoms with Crippen LogP contribution in [0.1, 0.15) is 49.5 Å². The average Bonchev–Trinajstić information content (AvgIpc) is 2.75. The fraction of sp³-hybridized carbons (Fsp3) is 0.360. The molecule has 4 aromatic rings. The van der Waals surface area contributed by atoms with E-state index in [1.807, 2.05) is 0 Å². The zero-order valence-electron chi connectivity index (χ0n) is 20.2. The van der Waals surface area contributed by atoms with E-state index in [9.17, 15) is 18.7 Å². The van der Waals surface area contributed by atoms with E-state index in [2.05, 4.69) is 20.3 Å². The molecule has 0 bridgehead atoms. The van der Waals surface area contributed by atoms with Gasteiger partial charge in [-0.15, -0.1) is 0 Å². The van der Waals surface area contributed by atoms with E-state index in [4.69, 9.17) is 0 Å². The van der Waals surface area contributed by atoms with E-state index in [0.29, 0.717) is 39.3 Å². The maximum atomic E-state index is 15.3. The molecule has 1 atom stereocenters. The molecule has 0 radical (unpaired) electrons. The number of fused-ring (bicyclic) bond motifs is 2. The second-order valence-corrected chi connectivity index (χ2v) is 9.25. The lowest BCUT2D eigenvalue weighted by atomic mass is 9.91. The third-order valence-corrected chi connectivity index (χ3v) is 6.12. The van der Waals surface area contributed by atoms with Gasteiger partial charge < -0.3 is 15.0 Å². The van der Waals surface area contributed by atoms with Crippen LogP contribution < -0.4 is 10.9 Å². The Morgan fingerprint density at radius 3 is 2.43 bits per heavy atom.